The van der Waals surface area contributed by atoms with Crippen molar-refractivity contribution in [2.45, 2.75) is 26.4 Å². The van der Waals surface area contributed by atoms with Crippen LogP contribution in [0.5, 0.6) is 0 Å². The molecule has 0 aliphatic carbocycles. The molecule has 1 aromatic carbocycles. The molecule has 0 saturated carbocycles. The van der Waals surface area contributed by atoms with Gasteiger partial charge in [-0.25, -0.2) is 0 Å². The molecule has 1 aliphatic rings. The summed E-state index contributed by atoms with van der Waals surface area (Å²) in [6, 6.07) is 11.2. The SMILES string of the molecule is Cc1ccc(N2C[C@H](C(=O)O[C@H](C)c3nc(-c4cccnc4)no3)CC2=O)cc1. The largest absolute Gasteiger partial charge is 0.452 e. The smallest absolute Gasteiger partial charge is 0.312 e. The zero-order chi connectivity index (χ0) is 20.4. The predicted octanol–water partition coefficient (Wildman–Crippen LogP) is 3.10. The van der Waals surface area contributed by atoms with Gasteiger partial charge in [-0.3, -0.25) is 14.6 Å². The second-order valence-electron chi connectivity index (χ2n) is 7.02. The molecule has 0 N–H and O–H groups in total. The highest BCUT2D eigenvalue weighted by Gasteiger charge is 2.37. The molecule has 8 heteroatoms. The topological polar surface area (TPSA) is 98.4 Å². The predicted molar refractivity (Wildman–Crippen MR) is 104 cm³/mol. The van der Waals surface area contributed by atoms with Crippen molar-refractivity contribution in [3.05, 3.63) is 60.2 Å². The van der Waals surface area contributed by atoms with E-state index in [9.17, 15) is 9.59 Å². The van der Waals surface area contributed by atoms with Crippen LogP contribution in [0.2, 0.25) is 0 Å². The summed E-state index contributed by atoms with van der Waals surface area (Å²) in [5.74, 6) is -0.525. The maximum absolute atomic E-state index is 12.6. The molecule has 148 valence electrons. The van der Waals surface area contributed by atoms with E-state index in [-0.39, 0.29) is 24.8 Å². The van der Waals surface area contributed by atoms with E-state index >= 15 is 0 Å². The van der Waals surface area contributed by atoms with E-state index < -0.39 is 18.0 Å². The molecule has 8 nitrogen and oxygen atoms in total. The van der Waals surface area contributed by atoms with E-state index in [0.29, 0.717) is 11.4 Å². The number of carbonyl (C=O) groups is 2. The van der Waals surface area contributed by atoms with Crippen LogP contribution in [0.25, 0.3) is 11.4 Å². The van der Waals surface area contributed by atoms with Crippen molar-refractivity contribution in [2.24, 2.45) is 5.92 Å². The molecule has 0 bridgehead atoms. The van der Waals surface area contributed by atoms with E-state index in [1.165, 1.54) is 0 Å². The van der Waals surface area contributed by atoms with Gasteiger partial charge in [0.15, 0.2) is 6.10 Å². The molecule has 0 radical (unpaired) electrons. The summed E-state index contributed by atoms with van der Waals surface area (Å²) in [5, 5.41) is 3.90. The van der Waals surface area contributed by atoms with E-state index in [1.54, 1.807) is 30.3 Å². The van der Waals surface area contributed by atoms with Gasteiger partial charge in [0.1, 0.15) is 0 Å². The van der Waals surface area contributed by atoms with Crippen LogP contribution in [0.4, 0.5) is 5.69 Å². The number of anilines is 1. The minimum Gasteiger partial charge on any atom is -0.452 e. The van der Waals surface area contributed by atoms with Crippen LogP contribution < -0.4 is 4.90 Å². The van der Waals surface area contributed by atoms with E-state index in [4.69, 9.17) is 9.26 Å². The molecule has 29 heavy (non-hydrogen) atoms. The summed E-state index contributed by atoms with van der Waals surface area (Å²) in [6.07, 6.45) is 2.67. The molecular formula is C21H20N4O4. The fourth-order valence-corrected chi connectivity index (χ4v) is 3.17. The lowest BCUT2D eigenvalue weighted by Gasteiger charge is -2.17. The average molecular weight is 392 g/mol. The molecule has 0 unspecified atom stereocenters. The zero-order valence-electron chi connectivity index (χ0n) is 16.1. The van der Waals surface area contributed by atoms with Crippen LogP contribution in [-0.4, -0.2) is 33.5 Å². The van der Waals surface area contributed by atoms with Gasteiger partial charge in [0.2, 0.25) is 11.7 Å². The summed E-state index contributed by atoms with van der Waals surface area (Å²) in [7, 11) is 0. The van der Waals surface area contributed by atoms with Crippen LogP contribution in [0, 0.1) is 12.8 Å². The fraction of sp³-hybridized carbons (Fsp3) is 0.286. The Labute approximate surface area is 167 Å². The Hall–Kier alpha value is -3.55. The Morgan fingerprint density at radius 1 is 1.28 bits per heavy atom. The number of ether oxygens (including phenoxy) is 1. The van der Waals surface area contributed by atoms with Crippen LogP contribution in [-0.2, 0) is 14.3 Å². The highest BCUT2D eigenvalue weighted by molar-refractivity contribution is 5.99. The van der Waals surface area contributed by atoms with Gasteiger partial charge in [0.25, 0.3) is 5.89 Å². The number of benzene rings is 1. The van der Waals surface area contributed by atoms with Gasteiger partial charge in [-0.05, 0) is 38.1 Å². The van der Waals surface area contributed by atoms with Crippen molar-refractivity contribution in [1.82, 2.24) is 15.1 Å². The number of rotatable bonds is 5. The van der Waals surface area contributed by atoms with Gasteiger partial charge in [-0.15, -0.1) is 0 Å². The second-order valence-corrected chi connectivity index (χ2v) is 7.02. The molecule has 1 amide bonds. The zero-order valence-corrected chi connectivity index (χ0v) is 16.1. The van der Waals surface area contributed by atoms with E-state index in [2.05, 4.69) is 15.1 Å². The monoisotopic (exact) mass is 392 g/mol. The van der Waals surface area contributed by atoms with E-state index in [1.807, 2.05) is 37.3 Å². The quantitative estimate of drug-likeness (QED) is 0.615. The minimum absolute atomic E-state index is 0.0971. The maximum atomic E-state index is 12.6. The van der Waals surface area contributed by atoms with Gasteiger partial charge in [0, 0.05) is 36.6 Å². The van der Waals surface area contributed by atoms with Crippen molar-refractivity contribution in [3.8, 4) is 11.4 Å². The first kappa shape index (κ1) is 18.8. The summed E-state index contributed by atoms with van der Waals surface area (Å²) in [6.45, 7) is 3.93. The lowest BCUT2D eigenvalue weighted by molar-refractivity contribution is -0.154. The van der Waals surface area contributed by atoms with Crippen molar-refractivity contribution in [3.63, 3.8) is 0 Å². The van der Waals surface area contributed by atoms with Crippen molar-refractivity contribution in [1.29, 1.82) is 0 Å². The Morgan fingerprint density at radius 3 is 2.79 bits per heavy atom. The number of aryl methyl sites for hydroxylation is 1. The van der Waals surface area contributed by atoms with Gasteiger partial charge in [0.05, 0.1) is 5.92 Å². The summed E-state index contributed by atoms with van der Waals surface area (Å²) in [5.41, 5.74) is 2.59. The molecule has 3 aromatic rings. The van der Waals surface area contributed by atoms with Crippen molar-refractivity contribution >= 4 is 17.6 Å². The Balaban J connectivity index is 1.40. The number of nitrogens with zero attached hydrogens (tertiary/aromatic N) is 4. The summed E-state index contributed by atoms with van der Waals surface area (Å²) in [4.78, 5) is 34.8. The number of pyridine rings is 1. The normalized spacial score (nSPS) is 17.4. The van der Waals surface area contributed by atoms with Gasteiger partial charge < -0.3 is 14.2 Å². The number of esters is 1. The van der Waals surface area contributed by atoms with Crippen LogP contribution in [0.15, 0.2) is 53.3 Å². The maximum Gasteiger partial charge on any atom is 0.312 e. The van der Waals surface area contributed by atoms with E-state index in [0.717, 1.165) is 11.3 Å². The van der Waals surface area contributed by atoms with Crippen LogP contribution in [0.3, 0.4) is 0 Å². The van der Waals surface area contributed by atoms with Crippen LogP contribution in [0.1, 0.15) is 30.9 Å². The second kappa shape index (κ2) is 7.83. The number of hydrogen-bond donors (Lipinski definition) is 0. The van der Waals surface area contributed by atoms with Crippen molar-refractivity contribution in [2.75, 3.05) is 11.4 Å². The average Bonchev–Trinajstić information content (AvgIpc) is 3.37. The lowest BCUT2D eigenvalue weighted by atomic mass is 10.1. The van der Waals surface area contributed by atoms with Gasteiger partial charge in [-0.1, -0.05) is 22.9 Å². The first-order chi connectivity index (χ1) is 14.0. The molecule has 1 saturated heterocycles. The highest BCUT2D eigenvalue weighted by Crippen LogP contribution is 2.28. The van der Waals surface area contributed by atoms with Crippen LogP contribution >= 0.6 is 0 Å². The number of amides is 1. The number of aromatic nitrogens is 3. The van der Waals surface area contributed by atoms with Gasteiger partial charge >= 0.3 is 5.97 Å². The third-order valence-corrected chi connectivity index (χ3v) is 4.81. The first-order valence-corrected chi connectivity index (χ1v) is 9.33. The molecule has 2 atom stereocenters. The van der Waals surface area contributed by atoms with Crippen molar-refractivity contribution < 1.29 is 18.8 Å². The number of carbonyl (C=O) groups excluding carboxylic acids is 2. The molecule has 4 rings (SSSR count). The molecule has 0 spiro atoms. The third kappa shape index (κ3) is 4.01. The molecule has 1 aliphatic heterocycles. The minimum atomic E-state index is -0.719. The Morgan fingerprint density at radius 2 is 2.07 bits per heavy atom. The Kier molecular flexibility index (Phi) is 5.07. The highest BCUT2D eigenvalue weighted by atomic mass is 16.6. The summed E-state index contributed by atoms with van der Waals surface area (Å²) < 4.78 is 10.7. The molecule has 2 aromatic heterocycles. The summed E-state index contributed by atoms with van der Waals surface area (Å²) >= 11 is 0. The van der Waals surface area contributed by atoms with Gasteiger partial charge in [-0.2, -0.15) is 4.98 Å². The molecule has 3 heterocycles. The third-order valence-electron chi connectivity index (χ3n) is 4.81. The molecule has 1 fully saturated rings. The fourth-order valence-electron chi connectivity index (χ4n) is 3.17. The Bertz CT molecular complexity index is 1020. The first-order valence-electron chi connectivity index (χ1n) is 9.33. The molecular weight excluding hydrogens is 372 g/mol. The number of hydrogen-bond acceptors (Lipinski definition) is 7. The standard InChI is InChI=1S/C21H20N4O4/c1-13-5-7-17(8-6-13)25-12-16(10-18(25)26)21(27)28-14(2)20-23-19(24-29-20)15-4-3-9-22-11-15/h3-9,11,14,16H,10,12H2,1-2H3/t14-,16-/m1/s1. The lowest BCUT2D eigenvalue weighted by Crippen LogP contribution is -2.26.